The molecule has 1 aliphatic rings. The van der Waals surface area contributed by atoms with Gasteiger partial charge >= 0.3 is 6.03 Å². The number of nitrogens with one attached hydrogen (secondary N) is 2. The lowest BCUT2D eigenvalue weighted by molar-refractivity contribution is 0.234. The second-order valence-corrected chi connectivity index (χ2v) is 6.06. The van der Waals surface area contributed by atoms with E-state index in [1.165, 1.54) is 12.3 Å². The number of halogens is 1. The standard InChI is InChI=1S/C17H21FN4O2/c1-12-4-5-15(18)16(9-12)22-7-2-3-14(11-22)20-17(23)19-10-13-6-8-24-21-13/h4-6,8-9,14H,2-3,7,10-11H2,1H3,(H2,19,20,23). The predicted octanol–water partition coefficient (Wildman–Crippen LogP) is 2.59. The molecule has 1 unspecified atom stereocenters. The Labute approximate surface area is 140 Å². The number of hydrogen-bond acceptors (Lipinski definition) is 4. The van der Waals surface area contributed by atoms with Crippen molar-refractivity contribution < 1.29 is 13.7 Å². The Morgan fingerprint density at radius 2 is 2.33 bits per heavy atom. The van der Waals surface area contributed by atoms with Crippen LogP contribution in [-0.4, -0.2) is 30.3 Å². The summed E-state index contributed by atoms with van der Waals surface area (Å²) in [7, 11) is 0. The van der Waals surface area contributed by atoms with E-state index in [4.69, 9.17) is 4.52 Å². The topological polar surface area (TPSA) is 70.4 Å². The number of aromatic nitrogens is 1. The van der Waals surface area contributed by atoms with E-state index in [9.17, 15) is 9.18 Å². The normalized spacial score (nSPS) is 17.6. The molecular weight excluding hydrogens is 311 g/mol. The van der Waals surface area contributed by atoms with Crippen molar-refractivity contribution in [1.29, 1.82) is 0 Å². The van der Waals surface area contributed by atoms with Gasteiger partial charge in [0.25, 0.3) is 0 Å². The number of aryl methyl sites for hydroxylation is 1. The molecule has 128 valence electrons. The molecule has 1 aliphatic heterocycles. The Balaban J connectivity index is 1.55. The van der Waals surface area contributed by atoms with Crippen LogP contribution in [0, 0.1) is 12.7 Å². The SMILES string of the molecule is Cc1ccc(F)c(N2CCCC(NC(=O)NCc3ccon3)C2)c1. The number of benzene rings is 1. The molecular formula is C17H21FN4O2. The van der Waals surface area contributed by atoms with Crippen molar-refractivity contribution in [2.45, 2.75) is 32.4 Å². The van der Waals surface area contributed by atoms with Gasteiger partial charge in [0.2, 0.25) is 0 Å². The number of anilines is 1. The molecule has 1 aromatic heterocycles. The van der Waals surface area contributed by atoms with Crippen LogP contribution in [0.2, 0.25) is 0 Å². The van der Waals surface area contributed by atoms with Gasteiger partial charge in [-0.25, -0.2) is 9.18 Å². The van der Waals surface area contributed by atoms with Gasteiger partial charge in [-0.3, -0.25) is 0 Å². The van der Waals surface area contributed by atoms with Crippen LogP contribution < -0.4 is 15.5 Å². The molecule has 2 aromatic rings. The maximum Gasteiger partial charge on any atom is 0.315 e. The summed E-state index contributed by atoms with van der Waals surface area (Å²) in [6.07, 6.45) is 3.24. The minimum atomic E-state index is -0.255. The van der Waals surface area contributed by atoms with Gasteiger partial charge in [-0.05, 0) is 37.5 Å². The molecule has 7 heteroatoms. The van der Waals surface area contributed by atoms with E-state index in [-0.39, 0.29) is 17.9 Å². The van der Waals surface area contributed by atoms with Crippen molar-refractivity contribution >= 4 is 11.7 Å². The molecule has 0 saturated carbocycles. The van der Waals surface area contributed by atoms with E-state index in [0.29, 0.717) is 24.5 Å². The molecule has 1 saturated heterocycles. The molecule has 3 rings (SSSR count). The largest absolute Gasteiger partial charge is 0.367 e. The highest BCUT2D eigenvalue weighted by molar-refractivity contribution is 5.74. The van der Waals surface area contributed by atoms with E-state index < -0.39 is 0 Å². The average Bonchev–Trinajstić information content (AvgIpc) is 3.09. The van der Waals surface area contributed by atoms with Gasteiger partial charge in [0, 0.05) is 25.2 Å². The Hall–Kier alpha value is -2.57. The average molecular weight is 332 g/mol. The predicted molar refractivity (Wildman–Crippen MR) is 88.2 cm³/mol. The maximum absolute atomic E-state index is 14.1. The summed E-state index contributed by atoms with van der Waals surface area (Å²) < 4.78 is 18.8. The summed E-state index contributed by atoms with van der Waals surface area (Å²) >= 11 is 0. The molecule has 1 atom stereocenters. The van der Waals surface area contributed by atoms with Crippen molar-refractivity contribution in [3.8, 4) is 0 Å². The number of nitrogens with zero attached hydrogens (tertiary/aromatic N) is 2. The summed E-state index contributed by atoms with van der Waals surface area (Å²) in [5, 5.41) is 9.42. The smallest absolute Gasteiger partial charge is 0.315 e. The molecule has 2 heterocycles. The number of urea groups is 1. The summed E-state index contributed by atoms with van der Waals surface area (Å²) in [5.74, 6) is -0.225. The Bertz CT molecular complexity index is 690. The third-order valence-corrected chi connectivity index (χ3v) is 4.12. The summed E-state index contributed by atoms with van der Waals surface area (Å²) in [6.45, 7) is 3.64. The van der Waals surface area contributed by atoms with Crippen LogP contribution >= 0.6 is 0 Å². The third-order valence-electron chi connectivity index (χ3n) is 4.12. The van der Waals surface area contributed by atoms with Crippen LogP contribution in [0.5, 0.6) is 0 Å². The summed E-state index contributed by atoms with van der Waals surface area (Å²) in [5.41, 5.74) is 2.29. The number of carbonyl (C=O) groups excluding carboxylic acids is 1. The van der Waals surface area contributed by atoms with Crippen molar-refractivity contribution in [3.05, 3.63) is 47.6 Å². The zero-order valence-corrected chi connectivity index (χ0v) is 13.6. The Kier molecular flexibility index (Phi) is 4.98. The van der Waals surface area contributed by atoms with E-state index in [2.05, 4.69) is 15.8 Å². The lowest BCUT2D eigenvalue weighted by atomic mass is 10.0. The lowest BCUT2D eigenvalue weighted by Gasteiger charge is -2.35. The molecule has 0 bridgehead atoms. The number of hydrogen-bond donors (Lipinski definition) is 2. The fourth-order valence-electron chi connectivity index (χ4n) is 2.91. The van der Waals surface area contributed by atoms with Gasteiger partial charge in [0.1, 0.15) is 17.8 Å². The Morgan fingerprint density at radius 3 is 3.12 bits per heavy atom. The maximum atomic E-state index is 14.1. The van der Waals surface area contributed by atoms with Gasteiger partial charge in [-0.15, -0.1) is 0 Å². The monoisotopic (exact) mass is 332 g/mol. The van der Waals surface area contributed by atoms with Gasteiger partial charge in [0.05, 0.1) is 12.2 Å². The molecule has 1 aromatic carbocycles. The van der Waals surface area contributed by atoms with Gasteiger partial charge in [-0.2, -0.15) is 0 Å². The number of piperidine rings is 1. The molecule has 1 fully saturated rings. The minimum absolute atomic E-state index is 0.0176. The number of carbonyl (C=O) groups is 1. The minimum Gasteiger partial charge on any atom is -0.367 e. The third kappa shape index (κ3) is 4.04. The summed E-state index contributed by atoms with van der Waals surface area (Å²) in [6, 6.07) is 6.53. The molecule has 0 radical (unpaired) electrons. The first-order valence-electron chi connectivity index (χ1n) is 8.06. The van der Waals surface area contributed by atoms with Gasteiger partial charge in [0.15, 0.2) is 0 Å². The van der Waals surface area contributed by atoms with Crippen molar-refractivity contribution in [2.24, 2.45) is 0 Å². The molecule has 0 aliphatic carbocycles. The zero-order chi connectivity index (χ0) is 16.9. The highest BCUT2D eigenvalue weighted by Crippen LogP contribution is 2.24. The second kappa shape index (κ2) is 7.33. The van der Waals surface area contributed by atoms with Crippen LogP contribution in [0.15, 0.2) is 35.1 Å². The van der Waals surface area contributed by atoms with Crippen LogP contribution in [0.4, 0.5) is 14.9 Å². The Morgan fingerprint density at radius 1 is 1.46 bits per heavy atom. The molecule has 24 heavy (non-hydrogen) atoms. The van der Waals surface area contributed by atoms with Gasteiger partial charge < -0.3 is 20.1 Å². The molecule has 0 spiro atoms. The van der Waals surface area contributed by atoms with Crippen LogP contribution in [0.25, 0.3) is 0 Å². The molecule has 2 N–H and O–H groups in total. The van der Waals surface area contributed by atoms with E-state index >= 15 is 0 Å². The first-order valence-corrected chi connectivity index (χ1v) is 8.06. The van der Waals surface area contributed by atoms with Crippen LogP contribution in [0.3, 0.4) is 0 Å². The highest BCUT2D eigenvalue weighted by Gasteiger charge is 2.23. The van der Waals surface area contributed by atoms with Gasteiger partial charge in [-0.1, -0.05) is 11.2 Å². The van der Waals surface area contributed by atoms with Crippen molar-refractivity contribution in [2.75, 3.05) is 18.0 Å². The highest BCUT2D eigenvalue weighted by atomic mass is 19.1. The van der Waals surface area contributed by atoms with Crippen LogP contribution in [-0.2, 0) is 6.54 Å². The fraction of sp³-hybridized carbons (Fsp3) is 0.412. The fourth-order valence-corrected chi connectivity index (χ4v) is 2.91. The second-order valence-electron chi connectivity index (χ2n) is 6.06. The summed E-state index contributed by atoms with van der Waals surface area (Å²) in [4.78, 5) is 14.0. The van der Waals surface area contributed by atoms with Crippen molar-refractivity contribution in [1.82, 2.24) is 15.8 Å². The molecule has 2 amide bonds. The first kappa shape index (κ1) is 16.3. The van der Waals surface area contributed by atoms with Crippen molar-refractivity contribution in [3.63, 3.8) is 0 Å². The first-order chi connectivity index (χ1) is 11.6. The number of amides is 2. The van der Waals surface area contributed by atoms with E-state index in [0.717, 1.165) is 24.9 Å². The molecule has 6 nitrogen and oxygen atoms in total. The zero-order valence-electron chi connectivity index (χ0n) is 13.6. The lowest BCUT2D eigenvalue weighted by Crippen LogP contribution is -2.50. The van der Waals surface area contributed by atoms with E-state index in [1.54, 1.807) is 12.1 Å². The van der Waals surface area contributed by atoms with E-state index in [1.807, 2.05) is 17.9 Å². The van der Waals surface area contributed by atoms with Crippen LogP contribution in [0.1, 0.15) is 24.1 Å². The quantitative estimate of drug-likeness (QED) is 0.903. The number of rotatable bonds is 4.